The molecule has 0 aromatic heterocycles. The smallest absolute Gasteiger partial charge is 0.0346 e. The molecule has 0 aliphatic heterocycles. The zero-order valence-corrected chi connectivity index (χ0v) is 10.8. The average molecular weight is 240 g/mol. The Morgan fingerprint density at radius 3 is 2.67 bits per heavy atom. The van der Waals surface area contributed by atoms with Crippen LogP contribution in [0.2, 0.25) is 0 Å². The number of nitrogens with one attached hydrogen (secondary N) is 1. The molecular weight excluding hydrogens is 220 g/mol. The summed E-state index contributed by atoms with van der Waals surface area (Å²) in [5, 5.41) is 3.32. The quantitative estimate of drug-likeness (QED) is 0.841. The zero-order valence-electron chi connectivity index (χ0n) is 10.8. The lowest BCUT2D eigenvalue weighted by Crippen LogP contribution is -2.12. The van der Waals surface area contributed by atoms with Gasteiger partial charge in [0.2, 0.25) is 0 Å². The number of aryl methyl sites for hydroxylation is 1. The lowest BCUT2D eigenvalue weighted by atomic mass is 9.98. The van der Waals surface area contributed by atoms with Crippen LogP contribution in [0.3, 0.4) is 0 Å². The first-order valence-electron chi connectivity index (χ1n) is 6.47. The van der Waals surface area contributed by atoms with E-state index in [-0.39, 0.29) is 0 Å². The predicted octanol–water partition coefficient (Wildman–Crippen LogP) is 3.29. The molecule has 2 aromatic rings. The van der Waals surface area contributed by atoms with Crippen molar-refractivity contribution in [3.8, 4) is 11.1 Å². The Labute approximate surface area is 109 Å². The maximum Gasteiger partial charge on any atom is 0.0346 e. The van der Waals surface area contributed by atoms with Gasteiger partial charge in [-0.3, -0.25) is 0 Å². The molecule has 0 fully saturated rings. The number of rotatable bonds is 5. The Balaban J connectivity index is 2.32. The molecule has 0 unspecified atom stereocenters. The van der Waals surface area contributed by atoms with Crippen molar-refractivity contribution in [3.05, 3.63) is 54.1 Å². The molecule has 0 saturated heterocycles. The summed E-state index contributed by atoms with van der Waals surface area (Å²) in [6.45, 7) is 3.64. The molecular formula is C16H20N2. The van der Waals surface area contributed by atoms with Gasteiger partial charge in [-0.1, -0.05) is 43.3 Å². The molecule has 0 aliphatic rings. The summed E-state index contributed by atoms with van der Waals surface area (Å²) in [6, 6.07) is 17.1. The Morgan fingerprint density at radius 1 is 1.06 bits per heavy atom. The molecule has 0 aliphatic carbocycles. The van der Waals surface area contributed by atoms with Crippen LogP contribution in [-0.2, 0) is 6.42 Å². The Hall–Kier alpha value is -1.80. The van der Waals surface area contributed by atoms with Crippen molar-refractivity contribution in [2.45, 2.75) is 13.3 Å². The van der Waals surface area contributed by atoms with Gasteiger partial charge in [0, 0.05) is 18.8 Å². The fraction of sp³-hybridized carbons (Fsp3) is 0.250. The molecule has 0 amide bonds. The highest BCUT2D eigenvalue weighted by atomic mass is 14.9. The van der Waals surface area contributed by atoms with Gasteiger partial charge in [0.25, 0.3) is 0 Å². The Kier molecular flexibility index (Phi) is 4.37. The van der Waals surface area contributed by atoms with E-state index in [4.69, 9.17) is 5.73 Å². The van der Waals surface area contributed by atoms with E-state index in [0.717, 1.165) is 18.7 Å². The van der Waals surface area contributed by atoms with Crippen LogP contribution in [0.1, 0.15) is 12.5 Å². The molecule has 0 heterocycles. The largest absolute Gasteiger partial charge is 0.384 e. The summed E-state index contributed by atoms with van der Waals surface area (Å²) in [5.41, 5.74) is 10.6. The topological polar surface area (TPSA) is 38.0 Å². The van der Waals surface area contributed by atoms with E-state index in [2.05, 4.69) is 60.8 Å². The molecule has 2 heteroatoms. The molecule has 2 nitrogen and oxygen atoms in total. The molecule has 0 saturated carbocycles. The van der Waals surface area contributed by atoms with Gasteiger partial charge in [-0.15, -0.1) is 0 Å². The van der Waals surface area contributed by atoms with E-state index in [9.17, 15) is 0 Å². The SMILES string of the molecule is CCc1ccccc1-c1cccc(NCCN)c1. The van der Waals surface area contributed by atoms with Crippen molar-refractivity contribution in [1.29, 1.82) is 0 Å². The second-order valence-corrected chi connectivity index (χ2v) is 4.31. The maximum absolute atomic E-state index is 5.51. The van der Waals surface area contributed by atoms with E-state index in [1.165, 1.54) is 16.7 Å². The minimum absolute atomic E-state index is 0.649. The van der Waals surface area contributed by atoms with Crippen molar-refractivity contribution >= 4 is 5.69 Å². The van der Waals surface area contributed by atoms with Crippen LogP contribution in [0.4, 0.5) is 5.69 Å². The standard InChI is InChI=1S/C16H20N2/c1-2-13-6-3-4-9-16(13)14-7-5-8-15(12-14)18-11-10-17/h3-9,12,18H,2,10-11,17H2,1H3. The number of hydrogen-bond donors (Lipinski definition) is 2. The van der Waals surface area contributed by atoms with Gasteiger partial charge in [0.15, 0.2) is 0 Å². The van der Waals surface area contributed by atoms with Crippen LogP contribution < -0.4 is 11.1 Å². The van der Waals surface area contributed by atoms with Gasteiger partial charge in [-0.2, -0.15) is 0 Å². The second kappa shape index (κ2) is 6.22. The van der Waals surface area contributed by atoms with Crippen LogP contribution in [0.5, 0.6) is 0 Å². The fourth-order valence-corrected chi connectivity index (χ4v) is 2.12. The minimum atomic E-state index is 0.649. The molecule has 0 bridgehead atoms. The molecule has 0 atom stereocenters. The highest BCUT2D eigenvalue weighted by Crippen LogP contribution is 2.26. The number of anilines is 1. The van der Waals surface area contributed by atoms with Crippen molar-refractivity contribution in [3.63, 3.8) is 0 Å². The van der Waals surface area contributed by atoms with E-state index in [1.807, 2.05) is 0 Å². The molecule has 94 valence electrons. The highest BCUT2D eigenvalue weighted by molar-refractivity contribution is 5.71. The maximum atomic E-state index is 5.51. The van der Waals surface area contributed by atoms with Crippen molar-refractivity contribution in [2.75, 3.05) is 18.4 Å². The lowest BCUT2D eigenvalue weighted by Gasteiger charge is -2.10. The summed E-state index contributed by atoms with van der Waals surface area (Å²) >= 11 is 0. The zero-order chi connectivity index (χ0) is 12.8. The van der Waals surface area contributed by atoms with Crippen LogP contribution in [0.15, 0.2) is 48.5 Å². The third kappa shape index (κ3) is 2.90. The average Bonchev–Trinajstić information content (AvgIpc) is 2.45. The van der Waals surface area contributed by atoms with Crippen molar-refractivity contribution in [2.24, 2.45) is 5.73 Å². The van der Waals surface area contributed by atoms with Gasteiger partial charge in [-0.25, -0.2) is 0 Å². The van der Waals surface area contributed by atoms with Crippen molar-refractivity contribution in [1.82, 2.24) is 0 Å². The summed E-state index contributed by atoms with van der Waals surface area (Å²) in [6.07, 6.45) is 1.05. The van der Waals surface area contributed by atoms with Gasteiger partial charge >= 0.3 is 0 Å². The van der Waals surface area contributed by atoms with Gasteiger partial charge in [0.05, 0.1) is 0 Å². The molecule has 3 N–H and O–H groups in total. The summed E-state index contributed by atoms with van der Waals surface area (Å²) in [5.74, 6) is 0. The first-order chi connectivity index (χ1) is 8.85. The predicted molar refractivity (Wildman–Crippen MR) is 78.8 cm³/mol. The van der Waals surface area contributed by atoms with Crippen LogP contribution >= 0.6 is 0 Å². The summed E-state index contributed by atoms with van der Waals surface area (Å²) in [7, 11) is 0. The number of nitrogens with two attached hydrogens (primary N) is 1. The fourth-order valence-electron chi connectivity index (χ4n) is 2.12. The van der Waals surface area contributed by atoms with Crippen LogP contribution in [0, 0.1) is 0 Å². The van der Waals surface area contributed by atoms with E-state index in [1.54, 1.807) is 0 Å². The lowest BCUT2D eigenvalue weighted by molar-refractivity contribution is 1.02. The van der Waals surface area contributed by atoms with E-state index < -0.39 is 0 Å². The van der Waals surface area contributed by atoms with E-state index >= 15 is 0 Å². The molecule has 0 radical (unpaired) electrons. The summed E-state index contributed by atoms with van der Waals surface area (Å²) in [4.78, 5) is 0. The first-order valence-corrected chi connectivity index (χ1v) is 6.47. The third-order valence-electron chi connectivity index (χ3n) is 3.05. The van der Waals surface area contributed by atoms with Crippen molar-refractivity contribution < 1.29 is 0 Å². The van der Waals surface area contributed by atoms with Crippen LogP contribution in [0.25, 0.3) is 11.1 Å². The number of benzene rings is 2. The highest BCUT2D eigenvalue weighted by Gasteiger charge is 2.03. The van der Waals surface area contributed by atoms with Gasteiger partial charge < -0.3 is 11.1 Å². The molecule has 2 rings (SSSR count). The Morgan fingerprint density at radius 2 is 1.89 bits per heavy atom. The Bertz CT molecular complexity index is 506. The molecule has 2 aromatic carbocycles. The van der Waals surface area contributed by atoms with Gasteiger partial charge in [0.1, 0.15) is 0 Å². The third-order valence-corrected chi connectivity index (χ3v) is 3.05. The summed E-state index contributed by atoms with van der Waals surface area (Å²) < 4.78 is 0. The van der Waals surface area contributed by atoms with Gasteiger partial charge in [-0.05, 0) is 35.2 Å². The first kappa shape index (κ1) is 12.7. The number of hydrogen-bond acceptors (Lipinski definition) is 2. The van der Waals surface area contributed by atoms with Crippen LogP contribution in [-0.4, -0.2) is 13.1 Å². The normalized spacial score (nSPS) is 10.3. The molecule has 18 heavy (non-hydrogen) atoms. The second-order valence-electron chi connectivity index (χ2n) is 4.31. The monoisotopic (exact) mass is 240 g/mol. The minimum Gasteiger partial charge on any atom is -0.384 e. The van der Waals surface area contributed by atoms with E-state index in [0.29, 0.717) is 6.54 Å². The molecule has 0 spiro atoms.